The number of nitrogens with one attached hydrogen (secondary N) is 1. The molecule has 3 N–H and O–H groups in total. The van der Waals surface area contributed by atoms with Gasteiger partial charge in [0, 0.05) is 25.8 Å². The minimum absolute atomic E-state index is 0. The van der Waals surface area contributed by atoms with Crippen LogP contribution in [0.15, 0.2) is 18.3 Å². The Morgan fingerprint density at radius 1 is 1.27 bits per heavy atom. The molecule has 7 heteroatoms. The van der Waals surface area contributed by atoms with Gasteiger partial charge in [-0.25, -0.2) is 4.98 Å². The van der Waals surface area contributed by atoms with E-state index in [1.54, 1.807) is 6.92 Å². The average molecular weight is 349 g/mol. The monoisotopic (exact) mass is 348 g/mol. The molecule has 22 heavy (non-hydrogen) atoms. The van der Waals surface area contributed by atoms with E-state index < -0.39 is 6.04 Å². The van der Waals surface area contributed by atoms with Crippen molar-refractivity contribution in [1.82, 2.24) is 10.3 Å². The molecule has 0 bridgehead atoms. The van der Waals surface area contributed by atoms with Crippen LogP contribution >= 0.6 is 24.8 Å². The van der Waals surface area contributed by atoms with Gasteiger partial charge < -0.3 is 16.0 Å². The smallest absolute Gasteiger partial charge is 0.236 e. The molecule has 0 aliphatic carbocycles. The van der Waals surface area contributed by atoms with Crippen molar-refractivity contribution < 1.29 is 4.79 Å². The highest BCUT2D eigenvalue weighted by Gasteiger charge is 2.11. The minimum Gasteiger partial charge on any atom is -0.357 e. The van der Waals surface area contributed by atoms with Gasteiger partial charge in [-0.2, -0.15) is 0 Å². The largest absolute Gasteiger partial charge is 0.357 e. The summed E-state index contributed by atoms with van der Waals surface area (Å²) >= 11 is 0. The van der Waals surface area contributed by atoms with Gasteiger partial charge >= 0.3 is 0 Å². The third-order valence-electron chi connectivity index (χ3n) is 3.62. The number of carbonyl (C=O) groups excluding carboxylic acids is 1. The molecule has 1 aromatic heterocycles. The first kappa shape index (κ1) is 21.0. The summed E-state index contributed by atoms with van der Waals surface area (Å²) in [6.45, 7) is 4.34. The van der Waals surface area contributed by atoms with Crippen LogP contribution in [0, 0.1) is 0 Å². The lowest BCUT2D eigenvalue weighted by Crippen LogP contribution is -2.37. The standard InChI is InChI=1S/C15H24N4O.2ClH/c1-12(16)15(20)18-11-13-6-7-14(17-10-13)19-8-4-2-3-5-9-19;;/h6-7,10,12H,2-5,8-9,11,16H2,1H3,(H,18,20);2*1H/t12-;;/m1../s1. The van der Waals surface area contributed by atoms with Gasteiger partial charge in [-0.3, -0.25) is 4.79 Å². The molecule has 1 aliphatic rings. The Kier molecular flexibility index (Phi) is 10.1. The highest BCUT2D eigenvalue weighted by molar-refractivity contribution is 5.85. The number of hydrogen-bond acceptors (Lipinski definition) is 4. The van der Waals surface area contributed by atoms with Gasteiger partial charge in [0.05, 0.1) is 6.04 Å². The van der Waals surface area contributed by atoms with E-state index in [2.05, 4.69) is 15.2 Å². The van der Waals surface area contributed by atoms with Crippen LogP contribution in [-0.4, -0.2) is 30.0 Å². The van der Waals surface area contributed by atoms with Crippen LogP contribution in [0.25, 0.3) is 0 Å². The molecule has 1 atom stereocenters. The summed E-state index contributed by atoms with van der Waals surface area (Å²) in [6, 6.07) is 3.59. The van der Waals surface area contributed by atoms with Crippen molar-refractivity contribution in [3.63, 3.8) is 0 Å². The number of hydrogen-bond donors (Lipinski definition) is 2. The topological polar surface area (TPSA) is 71.2 Å². The van der Waals surface area contributed by atoms with Gasteiger partial charge in [0.1, 0.15) is 5.82 Å². The molecule has 0 unspecified atom stereocenters. The molecule has 1 aliphatic heterocycles. The lowest BCUT2D eigenvalue weighted by Gasteiger charge is -2.21. The van der Waals surface area contributed by atoms with E-state index in [9.17, 15) is 4.79 Å². The molecule has 0 saturated carbocycles. The zero-order chi connectivity index (χ0) is 14.4. The zero-order valence-electron chi connectivity index (χ0n) is 13.0. The summed E-state index contributed by atoms with van der Waals surface area (Å²) in [5, 5.41) is 2.79. The van der Waals surface area contributed by atoms with Crippen molar-refractivity contribution >= 4 is 36.5 Å². The molecule has 2 rings (SSSR count). The number of pyridine rings is 1. The molecule has 0 aromatic carbocycles. The van der Waals surface area contributed by atoms with Crippen molar-refractivity contribution in [2.75, 3.05) is 18.0 Å². The van der Waals surface area contributed by atoms with Gasteiger partial charge in [-0.05, 0) is 31.4 Å². The maximum Gasteiger partial charge on any atom is 0.236 e. The molecular formula is C15H26Cl2N4O. The van der Waals surface area contributed by atoms with Crippen LogP contribution in [0.4, 0.5) is 5.82 Å². The van der Waals surface area contributed by atoms with Gasteiger partial charge in [0.25, 0.3) is 0 Å². The molecule has 1 aromatic rings. The van der Waals surface area contributed by atoms with Gasteiger partial charge in [0.15, 0.2) is 0 Å². The Morgan fingerprint density at radius 2 is 1.91 bits per heavy atom. The van der Waals surface area contributed by atoms with E-state index in [1.807, 2.05) is 18.3 Å². The summed E-state index contributed by atoms with van der Waals surface area (Å²) in [5.74, 6) is 0.899. The van der Waals surface area contributed by atoms with Crippen LogP contribution in [0.1, 0.15) is 38.2 Å². The zero-order valence-corrected chi connectivity index (χ0v) is 14.6. The Balaban J connectivity index is 0.00000220. The Morgan fingerprint density at radius 3 is 2.41 bits per heavy atom. The molecular weight excluding hydrogens is 323 g/mol. The number of anilines is 1. The molecule has 1 fully saturated rings. The van der Waals surface area contributed by atoms with Crippen LogP contribution in [0.5, 0.6) is 0 Å². The molecule has 1 amide bonds. The highest BCUT2D eigenvalue weighted by atomic mass is 35.5. The maximum atomic E-state index is 11.4. The van der Waals surface area contributed by atoms with Crippen molar-refractivity contribution in [1.29, 1.82) is 0 Å². The molecule has 1 saturated heterocycles. The first-order chi connectivity index (χ1) is 9.66. The van der Waals surface area contributed by atoms with Crippen molar-refractivity contribution in [2.45, 2.75) is 45.2 Å². The quantitative estimate of drug-likeness (QED) is 0.875. The van der Waals surface area contributed by atoms with Gasteiger partial charge in [-0.15, -0.1) is 24.8 Å². The van der Waals surface area contributed by atoms with Crippen molar-refractivity contribution in [2.24, 2.45) is 5.73 Å². The SMILES string of the molecule is C[C@@H](N)C(=O)NCc1ccc(N2CCCCCC2)nc1.Cl.Cl. The molecule has 0 spiro atoms. The highest BCUT2D eigenvalue weighted by Crippen LogP contribution is 2.17. The lowest BCUT2D eigenvalue weighted by atomic mass is 10.2. The van der Waals surface area contributed by atoms with Crippen LogP contribution in [0.2, 0.25) is 0 Å². The van der Waals surface area contributed by atoms with Crippen molar-refractivity contribution in [3.05, 3.63) is 23.9 Å². The number of rotatable bonds is 4. The summed E-state index contributed by atoms with van der Waals surface area (Å²) in [4.78, 5) is 18.3. The van der Waals surface area contributed by atoms with Crippen LogP contribution in [-0.2, 0) is 11.3 Å². The van der Waals surface area contributed by atoms with E-state index in [0.717, 1.165) is 24.5 Å². The second kappa shape index (κ2) is 10.6. The number of nitrogens with zero attached hydrogens (tertiary/aromatic N) is 2. The molecule has 126 valence electrons. The number of carbonyl (C=O) groups is 1. The van der Waals surface area contributed by atoms with E-state index >= 15 is 0 Å². The average Bonchev–Trinajstić information content (AvgIpc) is 2.74. The Bertz CT molecular complexity index is 432. The fraction of sp³-hybridized carbons (Fsp3) is 0.600. The number of amides is 1. The summed E-state index contributed by atoms with van der Waals surface area (Å²) in [7, 11) is 0. The van der Waals surface area contributed by atoms with E-state index in [-0.39, 0.29) is 30.7 Å². The molecule has 2 heterocycles. The lowest BCUT2D eigenvalue weighted by molar-refractivity contribution is -0.122. The maximum absolute atomic E-state index is 11.4. The third-order valence-corrected chi connectivity index (χ3v) is 3.62. The normalized spacial score (nSPS) is 15.8. The summed E-state index contributed by atoms with van der Waals surface area (Å²) in [6.07, 6.45) is 6.96. The first-order valence-corrected chi connectivity index (χ1v) is 7.40. The Labute approximate surface area is 144 Å². The number of aromatic nitrogens is 1. The fourth-order valence-electron chi connectivity index (χ4n) is 2.36. The second-order valence-corrected chi connectivity index (χ2v) is 5.43. The van der Waals surface area contributed by atoms with Crippen molar-refractivity contribution in [3.8, 4) is 0 Å². The second-order valence-electron chi connectivity index (χ2n) is 5.43. The predicted molar refractivity (Wildman–Crippen MR) is 94.9 cm³/mol. The Hall–Kier alpha value is -1.04. The fourth-order valence-corrected chi connectivity index (χ4v) is 2.36. The summed E-state index contributed by atoms with van der Waals surface area (Å²) < 4.78 is 0. The van der Waals surface area contributed by atoms with E-state index in [0.29, 0.717) is 6.54 Å². The minimum atomic E-state index is -0.473. The summed E-state index contributed by atoms with van der Waals surface area (Å²) in [5.41, 5.74) is 6.50. The van der Waals surface area contributed by atoms with Crippen LogP contribution in [0.3, 0.4) is 0 Å². The molecule has 5 nitrogen and oxygen atoms in total. The third kappa shape index (κ3) is 6.38. The number of nitrogens with two attached hydrogens (primary N) is 1. The van der Waals surface area contributed by atoms with Gasteiger partial charge in [-0.1, -0.05) is 18.9 Å². The first-order valence-electron chi connectivity index (χ1n) is 7.40. The van der Waals surface area contributed by atoms with E-state index in [1.165, 1.54) is 25.7 Å². The van der Waals surface area contributed by atoms with E-state index in [4.69, 9.17) is 5.73 Å². The predicted octanol–water partition coefficient (Wildman–Crippen LogP) is 2.27. The van der Waals surface area contributed by atoms with Gasteiger partial charge in [0.2, 0.25) is 5.91 Å². The number of halogens is 2. The van der Waals surface area contributed by atoms with Crippen LogP contribution < -0.4 is 16.0 Å². The molecule has 0 radical (unpaired) electrons.